The highest BCUT2D eigenvalue weighted by molar-refractivity contribution is 5.23. The Bertz CT molecular complexity index is 294. The summed E-state index contributed by atoms with van der Waals surface area (Å²) in [5.74, 6) is -0.0425. The topological polar surface area (TPSA) is 35.2 Å². The van der Waals surface area contributed by atoms with Gasteiger partial charge in [-0.1, -0.05) is 12.1 Å². The lowest BCUT2D eigenvalue weighted by atomic mass is 10.0. The minimum Gasteiger partial charge on any atom is -0.490 e. The maximum absolute atomic E-state index is 13.1. The quantitative estimate of drug-likeness (QED) is 0.804. The molecule has 0 unspecified atom stereocenters. The van der Waals surface area contributed by atoms with Crippen LogP contribution in [0.3, 0.4) is 0 Å². The molecule has 0 amide bonds. The van der Waals surface area contributed by atoms with E-state index in [-0.39, 0.29) is 17.1 Å². The van der Waals surface area contributed by atoms with Crippen LogP contribution in [0.2, 0.25) is 0 Å². The van der Waals surface area contributed by atoms with Crippen LogP contribution in [0, 0.1) is 5.82 Å². The molecule has 0 aliphatic heterocycles. The Balaban J connectivity index is 2.43. The molecule has 78 valence electrons. The monoisotopic (exact) mass is 197 g/mol. The van der Waals surface area contributed by atoms with Gasteiger partial charge >= 0.3 is 0 Å². The number of hydrogen-bond donors (Lipinski definition) is 1. The third-order valence-electron chi connectivity index (χ3n) is 1.84. The Hall–Kier alpha value is -1.09. The van der Waals surface area contributed by atoms with Gasteiger partial charge in [0.1, 0.15) is 0 Å². The summed E-state index contributed by atoms with van der Waals surface area (Å²) in [6.07, 6.45) is 0.696. The number of para-hydroxylation sites is 1. The predicted molar refractivity (Wildman–Crippen MR) is 54.8 cm³/mol. The van der Waals surface area contributed by atoms with Gasteiger partial charge in [0.05, 0.1) is 6.61 Å². The van der Waals surface area contributed by atoms with E-state index in [1.807, 2.05) is 13.8 Å². The molecule has 0 aromatic heterocycles. The SMILES string of the molecule is CC(C)(N)CCOc1ccccc1F. The minimum absolute atomic E-state index is 0.273. The van der Waals surface area contributed by atoms with Gasteiger partial charge in [-0.2, -0.15) is 0 Å². The van der Waals surface area contributed by atoms with Crippen LogP contribution in [0.5, 0.6) is 5.75 Å². The maximum atomic E-state index is 13.1. The smallest absolute Gasteiger partial charge is 0.165 e. The third kappa shape index (κ3) is 3.75. The zero-order valence-electron chi connectivity index (χ0n) is 8.59. The van der Waals surface area contributed by atoms with Crippen molar-refractivity contribution in [3.63, 3.8) is 0 Å². The Morgan fingerprint density at radius 3 is 2.57 bits per heavy atom. The Morgan fingerprint density at radius 2 is 2.00 bits per heavy atom. The lowest BCUT2D eigenvalue weighted by Crippen LogP contribution is -2.33. The molecular formula is C11H16FNO. The highest BCUT2D eigenvalue weighted by Gasteiger charge is 2.10. The van der Waals surface area contributed by atoms with Crippen molar-refractivity contribution in [2.45, 2.75) is 25.8 Å². The highest BCUT2D eigenvalue weighted by Crippen LogP contribution is 2.16. The van der Waals surface area contributed by atoms with Crippen molar-refractivity contribution in [3.8, 4) is 5.75 Å². The first-order chi connectivity index (χ1) is 6.49. The lowest BCUT2D eigenvalue weighted by Gasteiger charge is -2.18. The van der Waals surface area contributed by atoms with E-state index in [0.29, 0.717) is 13.0 Å². The molecule has 1 aromatic carbocycles. The molecule has 3 heteroatoms. The molecular weight excluding hydrogens is 181 g/mol. The number of ether oxygens (including phenoxy) is 1. The van der Waals surface area contributed by atoms with E-state index in [4.69, 9.17) is 10.5 Å². The normalized spacial score (nSPS) is 11.4. The Labute approximate surface area is 83.9 Å². The molecule has 0 spiro atoms. The van der Waals surface area contributed by atoms with E-state index in [1.165, 1.54) is 6.07 Å². The van der Waals surface area contributed by atoms with Crippen molar-refractivity contribution >= 4 is 0 Å². The molecule has 0 saturated heterocycles. The van der Waals surface area contributed by atoms with Gasteiger partial charge in [-0.05, 0) is 32.4 Å². The van der Waals surface area contributed by atoms with E-state index < -0.39 is 0 Å². The van der Waals surface area contributed by atoms with E-state index in [9.17, 15) is 4.39 Å². The first-order valence-corrected chi connectivity index (χ1v) is 4.65. The van der Waals surface area contributed by atoms with Gasteiger partial charge in [-0.3, -0.25) is 0 Å². The van der Waals surface area contributed by atoms with E-state index in [0.717, 1.165) is 0 Å². The van der Waals surface area contributed by atoms with Gasteiger partial charge in [0, 0.05) is 5.54 Å². The van der Waals surface area contributed by atoms with Crippen LogP contribution in [0.15, 0.2) is 24.3 Å². The average molecular weight is 197 g/mol. The molecule has 2 N–H and O–H groups in total. The van der Waals surface area contributed by atoms with Crippen molar-refractivity contribution in [3.05, 3.63) is 30.1 Å². The molecule has 2 nitrogen and oxygen atoms in total. The second kappa shape index (κ2) is 4.42. The van der Waals surface area contributed by atoms with Crippen LogP contribution in [-0.4, -0.2) is 12.1 Å². The fourth-order valence-electron chi connectivity index (χ4n) is 0.986. The van der Waals surface area contributed by atoms with E-state index in [1.54, 1.807) is 18.2 Å². The molecule has 0 fully saturated rings. The number of benzene rings is 1. The van der Waals surface area contributed by atoms with Gasteiger partial charge in [0.15, 0.2) is 11.6 Å². The number of halogens is 1. The summed E-state index contributed by atoms with van der Waals surface area (Å²) in [6.45, 7) is 4.26. The summed E-state index contributed by atoms with van der Waals surface area (Å²) in [5.41, 5.74) is 5.49. The first-order valence-electron chi connectivity index (χ1n) is 4.65. The Kier molecular flexibility index (Phi) is 3.47. The van der Waals surface area contributed by atoms with Crippen LogP contribution in [-0.2, 0) is 0 Å². The van der Waals surface area contributed by atoms with Crippen molar-refractivity contribution < 1.29 is 9.13 Å². The molecule has 14 heavy (non-hydrogen) atoms. The van der Waals surface area contributed by atoms with Crippen LogP contribution in [0.1, 0.15) is 20.3 Å². The van der Waals surface area contributed by atoms with Gasteiger partial charge < -0.3 is 10.5 Å². The van der Waals surface area contributed by atoms with Crippen LogP contribution < -0.4 is 10.5 Å². The average Bonchev–Trinajstić information content (AvgIpc) is 2.06. The molecule has 0 atom stereocenters. The zero-order chi connectivity index (χ0) is 10.6. The van der Waals surface area contributed by atoms with Crippen molar-refractivity contribution in [1.29, 1.82) is 0 Å². The summed E-state index contributed by atoms with van der Waals surface area (Å²) < 4.78 is 18.3. The Morgan fingerprint density at radius 1 is 1.36 bits per heavy atom. The van der Waals surface area contributed by atoms with Crippen LogP contribution in [0.4, 0.5) is 4.39 Å². The molecule has 0 bridgehead atoms. The molecule has 0 heterocycles. The summed E-state index contributed by atoms with van der Waals surface area (Å²) in [7, 11) is 0. The molecule has 0 aliphatic carbocycles. The maximum Gasteiger partial charge on any atom is 0.165 e. The van der Waals surface area contributed by atoms with Gasteiger partial charge in [0.25, 0.3) is 0 Å². The predicted octanol–water partition coefficient (Wildman–Crippen LogP) is 2.33. The van der Waals surface area contributed by atoms with Gasteiger partial charge in [-0.15, -0.1) is 0 Å². The summed E-state index contributed by atoms with van der Waals surface area (Å²) in [5, 5.41) is 0. The van der Waals surface area contributed by atoms with Crippen LogP contribution >= 0.6 is 0 Å². The largest absolute Gasteiger partial charge is 0.490 e. The van der Waals surface area contributed by atoms with Gasteiger partial charge in [0.2, 0.25) is 0 Å². The fraction of sp³-hybridized carbons (Fsp3) is 0.455. The van der Waals surface area contributed by atoms with E-state index >= 15 is 0 Å². The van der Waals surface area contributed by atoms with Crippen molar-refractivity contribution in [2.75, 3.05) is 6.61 Å². The number of rotatable bonds is 4. The third-order valence-corrected chi connectivity index (χ3v) is 1.84. The lowest BCUT2D eigenvalue weighted by molar-refractivity contribution is 0.263. The molecule has 1 rings (SSSR count). The second-order valence-corrected chi connectivity index (χ2v) is 4.02. The molecule has 0 aliphatic rings. The van der Waals surface area contributed by atoms with Crippen molar-refractivity contribution in [1.82, 2.24) is 0 Å². The van der Waals surface area contributed by atoms with Gasteiger partial charge in [-0.25, -0.2) is 4.39 Å². The molecule has 0 saturated carbocycles. The second-order valence-electron chi connectivity index (χ2n) is 4.02. The fourth-order valence-corrected chi connectivity index (χ4v) is 0.986. The number of nitrogens with two attached hydrogens (primary N) is 1. The standard InChI is InChI=1S/C11H16FNO/c1-11(2,13)7-8-14-10-6-4-3-5-9(10)12/h3-6H,7-8,13H2,1-2H3. The number of hydrogen-bond acceptors (Lipinski definition) is 2. The molecule has 1 aromatic rings. The summed E-state index contributed by atoms with van der Waals surface area (Å²) >= 11 is 0. The highest BCUT2D eigenvalue weighted by atomic mass is 19.1. The minimum atomic E-state index is -0.331. The summed E-state index contributed by atoms with van der Waals surface area (Å²) in [6, 6.07) is 6.36. The zero-order valence-corrected chi connectivity index (χ0v) is 8.59. The van der Waals surface area contributed by atoms with E-state index in [2.05, 4.69) is 0 Å². The molecule has 0 radical (unpaired) electrons. The van der Waals surface area contributed by atoms with Crippen molar-refractivity contribution in [2.24, 2.45) is 5.73 Å². The first kappa shape index (κ1) is 11.0. The summed E-state index contributed by atoms with van der Waals surface area (Å²) in [4.78, 5) is 0. The van der Waals surface area contributed by atoms with Crippen LogP contribution in [0.25, 0.3) is 0 Å².